The van der Waals surface area contributed by atoms with Crippen molar-refractivity contribution in [1.82, 2.24) is 0 Å². The predicted octanol–water partition coefficient (Wildman–Crippen LogP) is 1.28. The molecule has 0 aliphatic carbocycles. The highest BCUT2D eigenvalue weighted by Gasteiger charge is 2.19. The molecular weight excluding hydrogens is 254 g/mol. The summed E-state index contributed by atoms with van der Waals surface area (Å²) in [5, 5.41) is 3.89. The molecule has 18 heavy (non-hydrogen) atoms. The Balaban J connectivity index is 2.64. The summed E-state index contributed by atoms with van der Waals surface area (Å²) in [6, 6.07) is 0. The molecular formula is C11H19N3O3S. The minimum absolute atomic E-state index is 0.294. The van der Waals surface area contributed by atoms with Crippen LogP contribution in [0.2, 0.25) is 0 Å². The van der Waals surface area contributed by atoms with Gasteiger partial charge in [-0.1, -0.05) is 0 Å². The molecule has 0 saturated carbocycles. The van der Waals surface area contributed by atoms with Crippen molar-refractivity contribution in [2.24, 2.45) is 5.73 Å². The smallest absolute Gasteiger partial charge is 0.261 e. The normalized spacial score (nSPS) is 10.3. The van der Waals surface area contributed by atoms with Gasteiger partial charge < -0.3 is 26.3 Å². The minimum Gasteiger partial charge on any atom is -0.492 e. The van der Waals surface area contributed by atoms with Crippen molar-refractivity contribution in [3.63, 3.8) is 0 Å². The maximum Gasteiger partial charge on any atom is 0.261 e. The van der Waals surface area contributed by atoms with Gasteiger partial charge in [0.15, 0.2) is 5.75 Å². The molecule has 1 heterocycles. The fraction of sp³-hybridized carbons (Fsp3) is 0.545. The monoisotopic (exact) mass is 273 g/mol. The van der Waals surface area contributed by atoms with Crippen LogP contribution in [0, 0.1) is 0 Å². The van der Waals surface area contributed by atoms with Crippen LogP contribution in [0.1, 0.15) is 23.0 Å². The zero-order chi connectivity index (χ0) is 13.5. The van der Waals surface area contributed by atoms with Crippen LogP contribution in [0.15, 0.2) is 0 Å². The number of thiophene rings is 1. The lowest BCUT2D eigenvalue weighted by Gasteiger charge is -2.06. The fourth-order valence-corrected chi connectivity index (χ4v) is 2.42. The Bertz CT molecular complexity index is 406. The first kappa shape index (κ1) is 14.6. The van der Waals surface area contributed by atoms with Gasteiger partial charge in [0.2, 0.25) is 0 Å². The summed E-state index contributed by atoms with van der Waals surface area (Å²) < 4.78 is 10.4. The Morgan fingerprint density at radius 1 is 1.50 bits per heavy atom. The number of nitrogens with one attached hydrogen (secondary N) is 1. The van der Waals surface area contributed by atoms with E-state index >= 15 is 0 Å². The summed E-state index contributed by atoms with van der Waals surface area (Å²) in [5.74, 6) is -0.0663. The van der Waals surface area contributed by atoms with E-state index in [0.29, 0.717) is 36.1 Å². The second-order valence-corrected chi connectivity index (χ2v) is 4.57. The van der Waals surface area contributed by atoms with Gasteiger partial charge in [-0.05, 0) is 13.3 Å². The zero-order valence-electron chi connectivity index (χ0n) is 10.6. The lowest BCUT2D eigenvalue weighted by molar-refractivity contribution is 0.100. The highest BCUT2D eigenvalue weighted by atomic mass is 32.1. The Morgan fingerprint density at radius 2 is 2.22 bits per heavy atom. The van der Waals surface area contributed by atoms with Gasteiger partial charge in [-0.3, -0.25) is 4.79 Å². The lowest BCUT2D eigenvalue weighted by atomic mass is 10.3. The first-order valence-electron chi connectivity index (χ1n) is 5.69. The van der Waals surface area contributed by atoms with Crippen molar-refractivity contribution >= 4 is 27.9 Å². The first-order chi connectivity index (χ1) is 8.61. The Hall–Kier alpha value is -1.47. The number of anilines is 2. The van der Waals surface area contributed by atoms with Crippen LogP contribution in [0.25, 0.3) is 0 Å². The molecule has 1 aromatic heterocycles. The maximum atomic E-state index is 11.2. The zero-order valence-corrected chi connectivity index (χ0v) is 11.4. The molecule has 6 nitrogen and oxygen atoms in total. The van der Waals surface area contributed by atoms with Gasteiger partial charge in [0.1, 0.15) is 15.6 Å². The van der Waals surface area contributed by atoms with E-state index in [-0.39, 0.29) is 0 Å². The third-order valence-electron chi connectivity index (χ3n) is 2.28. The Morgan fingerprint density at radius 3 is 2.78 bits per heavy atom. The lowest BCUT2D eigenvalue weighted by Crippen LogP contribution is -2.10. The molecule has 0 unspecified atom stereocenters. The second kappa shape index (κ2) is 7.07. The quantitative estimate of drug-likeness (QED) is 0.619. The number of nitrogens with two attached hydrogens (primary N) is 2. The number of hydrogen-bond acceptors (Lipinski definition) is 6. The SMILES string of the molecule is CCOCCCNc1sc(C(N)=O)c(N)c1OC. The number of ether oxygens (including phenoxy) is 2. The fourth-order valence-electron chi connectivity index (χ4n) is 1.45. The van der Waals surface area contributed by atoms with E-state index in [1.54, 1.807) is 0 Å². The van der Waals surface area contributed by atoms with Gasteiger partial charge in [-0.2, -0.15) is 0 Å². The number of primary amides is 1. The molecule has 0 saturated heterocycles. The van der Waals surface area contributed by atoms with Crippen molar-refractivity contribution in [1.29, 1.82) is 0 Å². The summed E-state index contributed by atoms with van der Waals surface area (Å²) >= 11 is 1.21. The summed E-state index contributed by atoms with van der Waals surface area (Å²) in [6.07, 6.45) is 0.862. The molecule has 0 atom stereocenters. The largest absolute Gasteiger partial charge is 0.492 e. The van der Waals surface area contributed by atoms with Crippen LogP contribution >= 0.6 is 11.3 Å². The van der Waals surface area contributed by atoms with Crippen molar-refractivity contribution in [2.45, 2.75) is 13.3 Å². The maximum absolute atomic E-state index is 11.2. The molecule has 7 heteroatoms. The van der Waals surface area contributed by atoms with Crippen LogP contribution in [0.5, 0.6) is 5.75 Å². The standard InChI is InChI=1S/C11H19N3O3S/c1-3-17-6-4-5-14-11-8(16-2)7(12)9(18-11)10(13)15/h14H,3-6,12H2,1-2H3,(H2,13,15). The number of carbonyl (C=O) groups excluding carboxylic acids is 1. The average Bonchev–Trinajstić information content (AvgIpc) is 2.65. The highest BCUT2D eigenvalue weighted by molar-refractivity contribution is 7.19. The molecule has 1 rings (SSSR count). The molecule has 1 amide bonds. The molecule has 1 aromatic rings. The Kier molecular flexibility index (Phi) is 5.73. The van der Waals surface area contributed by atoms with Crippen molar-refractivity contribution < 1.29 is 14.3 Å². The minimum atomic E-state index is -0.543. The second-order valence-electron chi connectivity index (χ2n) is 3.55. The number of nitrogen functional groups attached to an aromatic ring is 1. The molecule has 0 aromatic carbocycles. The molecule has 0 spiro atoms. The molecule has 102 valence electrons. The van der Waals surface area contributed by atoms with Gasteiger partial charge in [0, 0.05) is 19.8 Å². The van der Waals surface area contributed by atoms with Crippen LogP contribution in [0.3, 0.4) is 0 Å². The number of carbonyl (C=O) groups is 1. The van der Waals surface area contributed by atoms with E-state index in [4.69, 9.17) is 20.9 Å². The summed E-state index contributed by atoms with van der Waals surface area (Å²) in [5.41, 5.74) is 11.3. The van der Waals surface area contributed by atoms with Crippen LogP contribution < -0.4 is 21.5 Å². The van der Waals surface area contributed by atoms with Gasteiger partial charge in [0.25, 0.3) is 5.91 Å². The number of rotatable bonds is 8. The molecule has 5 N–H and O–H groups in total. The van der Waals surface area contributed by atoms with Gasteiger partial charge in [-0.25, -0.2) is 0 Å². The molecule has 0 bridgehead atoms. The predicted molar refractivity (Wildman–Crippen MR) is 73.4 cm³/mol. The van der Waals surface area contributed by atoms with E-state index < -0.39 is 5.91 Å². The molecule has 0 aliphatic rings. The van der Waals surface area contributed by atoms with Gasteiger partial charge in [-0.15, -0.1) is 11.3 Å². The van der Waals surface area contributed by atoms with E-state index in [1.807, 2.05) is 6.92 Å². The van der Waals surface area contributed by atoms with E-state index in [1.165, 1.54) is 18.4 Å². The third kappa shape index (κ3) is 3.51. The Labute approximate surface area is 110 Å². The van der Waals surface area contributed by atoms with Crippen LogP contribution in [0.4, 0.5) is 10.7 Å². The number of methoxy groups -OCH3 is 1. The molecule has 0 aliphatic heterocycles. The van der Waals surface area contributed by atoms with Crippen molar-refractivity contribution in [3.05, 3.63) is 4.88 Å². The van der Waals surface area contributed by atoms with Gasteiger partial charge in [0.05, 0.1) is 7.11 Å². The molecule has 0 radical (unpaired) electrons. The van der Waals surface area contributed by atoms with Crippen molar-refractivity contribution in [3.8, 4) is 5.75 Å². The van der Waals surface area contributed by atoms with Crippen LogP contribution in [-0.2, 0) is 4.74 Å². The topological polar surface area (TPSA) is 99.6 Å². The van der Waals surface area contributed by atoms with Gasteiger partial charge >= 0.3 is 0 Å². The number of amides is 1. The molecule has 0 fully saturated rings. The average molecular weight is 273 g/mol. The van der Waals surface area contributed by atoms with E-state index in [0.717, 1.165) is 11.4 Å². The number of hydrogen-bond donors (Lipinski definition) is 3. The van der Waals surface area contributed by atoms with E-state index in [9.17, 15) is 4.79 Å². The summed E-state index contributed by atoms with van der Waals surface area (Å²) in [4.78, 5) is 11.5. The van der Waals surface area contributed by atoms with Crippen LogP contribution in [-0.4, -0.2) is 32.8 Å². The third-order valence-corrected chi connectivity index (χ3v) is 3.44. The van der Waals surface area contributed by atoms with Crippen molar-refractivity contribution in [2.75, 3.05) is 37.9 Å². The highest BCUT2D eigenvalue weighted by Crippen LogP contribution is 2.42. The first-order valence-corrected chi connectivity index (χ1v) is 6.51. The van der Waals surface area contributed by atoms with E-state index in [2.05, 4.69) is 5.32 Å². The summed E-state index contributed by atoms with van der Waals surface area (Å²) in [6.45, 7) is 4.07. The summed E-state index contributed by atoms with van der Waals surface area (Å²) in [7, 11) is 1.51.